The summed E-state index contributed by atoms with van der Waals surface area (Å²) in [6.45, 7) is 2.64. The summed E-state index contributed by atoms with van der Waals surface area (Å²) in [5.41, 5.74) is 10.8. The van der Waals surface area contributed by atoms with E-state index in [1.807, 2.05) is 5.32 Å². The molecule has 0 heterocycles. The van der Waals surface area contributed by atoms with E-state index < -0.39 is 66.3 Å². The highest BCUT2D eigenvalue weighted by atomic mass is 16.4. The quantitative estimate of drug-likeness (QED) is 0.112. The van der Waals surface area contributed by atoms with Crippen molar-refractivity contribution in [1.29, 1.82) is 0 Å². The molecule has 14 nitrogen and oxygen atoms in total. The number of hydrogen-bond acceptors (Lipinski definition) is 8. The predicted octanol–water partition coefficient (Wildman–Crippen LogP) is -2.98. The van der Waals surface area contributed by atoms with Gasteiger partial charge in [-0.25, -0.2) is 4.79 Å². The van der Waals surface area contributed by atoms with Gasteiger partial charge in [-0.15, -0.1) is 0 Å². The van der Waals surface area contributed by atoms with Crippen molar-refractivity contribution in [2.75, 3.05) is 6.61 Å². The molecule has 0 saturated carbocycles. The van der Waals surface area contributed by atoms with Gasteiger partial charge in [0.05, 0.1) is 12.6 Å². The predicted molar refractivity (Wildman–Crippen MR) is 113 cm³/mol. The van der Waals surface area contributed by atoms with Crippen molar-refractivity contribution in [3.05, 3.63) is 0 Å². The number of carbonyl (C=O) groups excluding carboxylic acids is 4. The van der Waals surface area contributed by atoms with Crippen LogP contribution in [0.1, 0.15) is 46.0 Å². The molecule has 0 bridgehead atoms. The minimum Gasteiger partial charge on any atom is -0.481 e. The molecule has 10 N–H and O–H groups in total. The maximum Gasteiger partial charge on any atom is 0.328 e. The molecule has 0 rings (SSSR count). The molecule has 0 spiro atoms. The van der Waals surface area contributed by atoms with E-state index in [4.69, 9.17) is 26.8 Å². The van der Waals surface area contributed by atoms with Crippen molar-refractivity contribution in [2.24, 2.45) is 17.4 Å². The average molecular weight is 475 g/mol. The summed E-state index contributed by atoms with van der Waals surface area (Å²) >= 11 is 0. The number of primary amides is 1. The first-order valence-corrected chi connectivity index (χ1v) is 10.3. The summed E-state index contributed by atoms with van der Waals surface area (Å²) in [5.74, 6) is -6.04. The van der Waals surface area contributed by atoms with Crippen molar-refractivity contribution >= 4 is 35.6 Å². The lowest BCUT2D eigenvalue weighted by molar-refractivity contribution is -0.143. The van der Waals surface area contributed by atoms with Crippen LogP contribution in [0.2, 0.25) is 0 Å². The van der Waals surface area contributed by atoms with Crippen molar-refractivity contribution in [3.63, 3.8) is 0 Å². The Balaban J connectivity index is 5.45. The van der Waals surface area contributed by atoms with Crippen molar-refractivity contribution in [3.8, 4) is 0 Å². The monoisotopic (exact) mass is 475 g/mol. The number of carboxylic acid groups (broad SMARTS) is 2. The highest BCUT2D eigenvalue weighted by Crippen LogP contribution is 2.08. The zero-order valence-corrected chi connectivity index (χ0v) is 18.6. The third-order valence-electron chi connectivity index (χ3n) is 4.46. The molecule has 0 radical (unpaired) electrons. The van der Waals surface area contributed by atoms with Crippen molar-refractivity contribution < 1.29 is 44.1 Å². The lowest BCUT2D eigenvalue weighted by Gasteiger charge is -2.25. The first-order valence-electron chi connectivity index (χ1n) is 10.3. The Morgan fingerprint density at radius 1 is 0.788 bits per heavy atom. The number of carboxylic acids is 2. The van der Waals surface area contributed by atoms with Gasteiger partial charge in [-0.05, 0) is 25.2 Å². The summed E-state index contributed by atoms with van der Waals surface area (Å²) in [4.78, 5) is 70.5. The van der Waals surface area contributed by atoms with Crippen molar-refractivity contribution in [1.82, 2.24) is 16.0 Å². The molecule has 0 aliphatic carbocycles. The molecule has 0 aromatic carbocycles. The van der Waals surface area contributed by atoms with Crippen LogP contribution in [0.25, 0.3) is 0 Å². The van der Waals surface area contributed by atoms with Gasteiger partial charge in [0.1, 0.15) is 18.1 Å². The number of nitrogens with one attached hydrogen (secondary N) is 3. The molecule has 0 aliphatic rings. The second kappa shape index (κ2) is 14.7. The second-order valence-corrected chi connectivity index (χ2v) is 7.88. The summed E-state index contributed by atoms with van der Waals surface area (Å²) in [5, 5.41) is 33.6. The Hall–Kier alpha value is -3.26. The number of hydrogen-bond donors (Lipinski definition) is 8. The first kappa shape index (κ1) is 29.7. The fourth-order valence-electron chi connectivity index (χ4n) is 2.68. The third-order valence-corrected chi connectivity index (χ3v) is 4.46. The number of nitrogens with two attached hydrogens (primary N) is 2. The van der Waals surface area contributed by atoms with E-state index in [0.717, 1.165) is 0 Å². The van der Waals surface area contributed by atoms with Crippen LogP contribution in [0.4, 0.5) is 0 Å². The van der Waals surface area contributed by atoms with Gasteiger partial charge >= 0.3 is 11.9 Å². The lowest BCUT2D eigenvalue weighted by atomic mass is 10.0. The van der Waals surface area contributed by atoms with E-state index in [-0.39, 0.29) is 38.0 Å². The molecule has 0 aromatic rings. The standard InChI is InChI=1S/C19H33N5O9/c1-9(2)7-12(23-16(29)10(20)3-6-15(27)28)18(31)22-11(4-5-14(21)26)17(30)24-13(8-25)19(32)33/h9-13,25H,3-8,20H2,1-2H3,(H2,21,26)(H,22,31)(H,23,29)(H,24,30)(H,27,28)(H,32,33). The topological polar surface area (TPSA) is 251 Å². The molecule has 0 aliphatic heterocycles. The van der Waals surface area contributed by atoms with Crippen LogP contribution < -0.4 is 27.4 Å². The van der Waals surface area contributed by atoms with Crippen LogP contribution >= 0.6 is 0 Å². The maximum atomic E-state index is 12.8. The van der Waals surface area contributed by atoms with Gasteiger partial charge in [-0.1, -0.05) is 13.8 Å². The van der Waals surface area contributed by atoms with Crippen LogP contribution in [0, 0.1) is 5.92 Å². The lowest BCUT2D eigenvalue weighted by Crippen LogP contribution is -2.57. The SMILES string of the molecule is CC(C)CC(NC(=O)C(N)CCC(=O)O)C(=O)NC(CCC(N)=O)C(=O)NC(CO)C(=O)O. The van der Waals surface area contributed by atoms with Gasteiger partial charge in [0.15, 0.2) is 0 Å². The molecule has 14 heteroatoms. The molecule has 0 aromatic heterocycles. The van der Waals surface area contributed by atoms with Crippen LogP contribution in [0.5, 0.6) is 0 Å². The van der Waals surface area contributed by atoms with Crippen LogP contribution in [0.3, 0.4) is 0 Å². The molecule has 4 amide bonds. The summed E-state index contributed by atoms with van der Waals surface area (Å²) in [6, 6.07) is -5.35. The Bertz CT molecular complexity index is 728. The minimum absolute atomic E-state index is 0.0834. The van der Waals surface area contributed by atoms with E-state index in [1.54, 1.807) is 13.8 Å². The highest BCUT2D eigenvalue weighted by molar-refractivity contribution is 5.94. The fraction of sp³-hybridized carbons (Fsp3) is 0.684. The van der Waals surface area contributed by atoms with Crippen LogP contribution in [-0.2, 0) is 28.8 Å². The first-order chi connectivity index (χ1) is 15.3. The van der Waals surface area contributed by atoms with E-state index in [0.29, 0.717) is 0 Å². The number of aliphatic carboxylic acids is 2. The van der Waals surface area contributed by atoms with E-state index in [2.05, 4.69) is 10.6 Å². The normalized spacial score (nSPS) is 14.5. The van der Waals surface area contributed by atoms with Gasteiger partial charge in [0.25, 0.3) is 0 Å². The fourth-order valence-corrected chi connectivity index (χ4v) is 2.68. The molecule has 33 heavy (non-hydrogen) atoms. The van der Waals surface area contributed by atoms with Crippen LogP contribution in [0.15, 0.2) is 0 Å². The molecular formula is C19H33N5O9. The van der Waals surface area contributed by atoms with Crippen molar-refractivity contribution in [2.45, 2.75) is 70.1 Å². The van der Waals surface area contributed by atoms with Gasteiger partial charge in [-0.3, -0.25) is 24.0 Å². The molecule has 4 unspecified atom stereocenters. The number of carbonyl (C=O) groups is 6. The second-order valence-electron chi connectivity index (χ2n) is 7.88. The third kappa shape index (κ3) is 12.4. The molecule has 0 saturated heterocycles. The Morgan fingerprint density at radius 2 is 1.30 bits per heavy atom. The zero-order valence-electron chi connectivity index (χ0n) is 18.6. The molecule has 0 fully saturated rings. The van der Waals surface area contributed by atoms with E-state index >= 15 is 0 Å². The zero-order chi connectivity index (χ0) is 25.7. The molecule has 188 valence electrons. The average Bonchev–Trinajstić information content (AvgIpc) is 2.71. The Kier molecular flexibility index (Phi) is 13.3. The van der Waals surface area contributed by atoms with Gasteiger partial charge in [-0.2, -0.15) is 0 Å². The number of rotatable bonds is 16. The number of amides is 4. The highest BCUT2D eigenvalue weighted by Gasteiger charge is 2.30. The smallest absolute Gasteiger partial charge is 0.328 e. The Morgan fingerprint density at radius 3 is 1.76 bits per heavy atom. The van der Waals surface area contributed by atoms with Gasteiger partial charge < -0.3 is 42.7 Å². The molecule has 4 atom stereocenters. The largest absolute Gasteiger partial charge is 0.481 e. The summed E-state index contributed by atoms with van der Waals surface area (Å²) in [6.07, 6.45) is -0.928. The van der Waals surface area contributed by atoms with Gasteiger partial charge in [0, 0.05) is 12.8 Å². The Labute approximate surface area is 190 Å². The summed E-state index contributed by atoms with van der Waals surface area (Å²) in [7, 11) is 0. The summed E-state index contributed by atoms with van der Waals surface area (Å²) < 4.78 is 0. The minimum atomic E-state index is -1.64. The maximum absolute atomic E-state index is 12.8. The number of aliphatic hydroxyl groups excluding tert-OH is 1. The van der Waals surface area contributed by atoms with E-state index in [1.165, 1.54) is 0 Å². The van der Waals surface area contributed by atoms with E-state index in [9.17, 15) is 28.8 Å². The van der Waals surface area contributed by atoms with Crippen LogP contribution in [-0.4, -0.2) is 81.7 Å². The van der Waals surface area contributed by atoms with Gasteiger partial charge in [0.2, 0.25) is 23.6 Å². The number of aliphatic hydroxyl groups is 1. The molecular weight excluding hydrogens is 442 g/mol.